The lowest BCUT2D eigenvalue weighted by Crippen LogP contribution is -2.05. The number of hydrogen-bond donors (Lipinski definition) is 1. The van der Waals surface area contributed by atoms with E-state index in [1.807, 2.05) is 0 Å². The molecule has 0 bridgehead atoms. The summed E-state index contributed by atoms with van der Waals surface area (Å²) in [5.41, 5.74) is 0.376. The predicted octanol–water partition coefficient (Wildman–Crippen LogP) is 0.974. The van der Waals surface area contributed by atoms with Crippen LogP contribution in [0.15, 0.2) is 41.6 Å². The lowest BCUT2D eigenvalue weighted by atomic mass is 10.2. The zero-order chi connectivity index (χ0) is 13.3. The van der Waals surface area contributed by atoms with E-state index in [1.54, 1.807) is 18.2 Å². The Hall–Kier alpha value is -2.15. The van der Waals surface area contributed by atoms with Gasteiger partial charge in [-0.05, 0) is 12.1 Å². The Bertz CT molecular complexity index is 703. The highest BCUT2D eigenvalue weighted by molar-refractivity contribution is 7.90. The number of carboxylic acid groups (broad SMARTS) is 1. The van der Waals surface area contributed by atoms with Crippen LogP contribution < -0.4 is 0 Å². The molecule has 18 heavy (non-hydrogen) atoms. The van der Waals surface area contributed by atoms with Crippen molar-refractivity contribution in [2.24, 2.45) is 0 Å². The van der Waals surface area contributed by atoms with Crippen LogP contribution in [0.4, 0.5) is 0 Å². The topological polar surface area (TPSA) is 89.3 Å². The Labute approximate surface area is 103 Å². The number of carbonyl (C=O) groups is 1. The third-order valence-electron chi connectivity index (χ3n) is 2.37. The third-order valence-corrected chi connectivity index (χ3v) is 3.44. The fraction of sp³-hybridized carbons (Fsp3) is 0.0909. The number of nitrogens with zero attached hydrogens (tertiary/aromatic N) is 2. The summed E-state index contributed by atoms with van der Waals surface area (Å²) in [5, 5.41) is 12.9. The van der Waals surface area contributed by atoms with E-state index in [0.29, 0.717) is 5.69 Å². The second-order valence-electron chi connectivity index (χ2n) is 3.72. The van der Waals surface area contributed by atoms with Gasteiger partial charge in [0.2, 0.25) is 0 Å². The van der Waals surface area contributed by atoms with Crippen molar-refractivity contribution in [1.29, 1.82) is 0 Å². The summed E-state index contributed by atoms with van der Waals surface area (Å²) in [6, 6.07) is 6.24. The molecule has 2 aromatic rings. The van der Waals surface area contributed by atoms with Crippen LogP contribution in [-0.2, 0) is 9.84 Å². The number of benzene rings is 1. The molecular weight excluding hydrogens is 256 g/mol. The quantitative estimate of drug-likeness (QED) is 0.894. The van der Waals surface area contributed by atoms with Gasteiger partial charge in [-0.2, -0.15) is 5.10 Å². The lowest BCUT2D eigenvalue weighted by Gasteiger charge is -2.04. The van der Waals surface area contributed by atoms with E-state index in [1.165, 1.54) is 23.1 Å². The van der Waals surface area contributed by atoms with Crippen molar-refractivity contribution >= 4 is 15.8 Å². The van der Waals surface area contributed by atoms with Crippen LogP contribution in [0.2, 0.25) is 0 Å². The summed E-state index contributed by atoms with van der Waals surface area (Å²) >= 11 is 0. The Kier molecular flexibility index (Phi) is 2.92. The molecule has 0 radical (unpaired) electrons. The number of aromatic carboxylic acids is 1. The number of rotatable bonds is 3. The van der Waals surface area contributed by atoms with Crippen LogP contribution in [-0.4, -0.2) is 35.5 Å². The van der Waals surface area contributed by atoms with E-state index in [-0.39, 0.29) is 10.5 Å². The molecule has 0 saturated carbocycles. The van der Waals surface area contributed by atoms with Crippen molar-refractivity contribution in [3.63, 3.8) is 0 Å². The number of hydrogen-bond acceptors (Lipinski definition) is 4. The fourth-order valence-corrected chi connectivity index (χ4v) is 2.01. The van der Waals surface area contributed by atoms with Gasteiger partial charge in [-0.3, -0.25) is 0 Å². The molecule has 1 N–H and O–H groups in total. The molecule has 0 atom stereocenters. The van der Waals surface area contributed by atoms with Gasteiger partial charge in [-0.25, -0.2) is 17.9 Å². The van der Waals surface area contributed by atoms with E-state index in [0.717, 1.165) is 6.26 Å². The van der Waals surface area contributed by atoms with Crippen molar-refractivity contribution < 1.29 is 18.3 Å². The molecule has 0 aliphatic rings. The summed E-state index contributed by atoms with van der Waals surface area (Å²) in [6.07, 6.45) is 3.54. The van der Waals surface area contributed by atoms with Crippen molar-refractivity contribution in [1.82, 2.24) is 9.78 Å². The number of sulfone groups is 1. The van der Waals surface area contributed by atoms with Crippen LogP contribution in [0.1, 0.15) is 10.4 Å². The molecule has 7 heteroatoms. The molecule has 0 saturated heterocycles. The van der Waals surface area contributed by atoms with Crippen LogP contribution >= 0.6 is 0 Å². The molecule has 0 spiro atoms. The molecule has 6 nitrogen and oxygen atoms in total. The third kappa shape index (κ3) is 2.25. The minimum atomic E-state index is -3.35. The minimum absolute atomic E-state index is 0.0442. The highest BCUT2D eigenvalue weighted by atomic mass is 32.2. The standard InChI is InChI=1S/C11H10N2O4S/c1-18(16,17)8-6-12-13(7-8)10-5-3-2-4-9(10)11(14)15/h2-7H,1H3,(H,14,15). The van der Waals surface area contributed by atoms with Gasteiger partial charge in [-0.1, -0.05) is 12.1 Å². The average Bonchev–Trinajstić information content (AvgIpc) is 2.77. The lowest BCUT2D eigenvalue weighted by molar-refractivity contribution is 0.0696. The molecule has 0 aliphatic carbocycles. The molecular formula is C11H10N2O4S. The van der Waals surface area contributed by atoms with Gasteiger partial charge in [-0.15, -0.1) is 0 Å². The minimum Gasteiger partial charge on any atom is -0.478 e. The summed E-state index contributed by atoms with van der Waals surface area (Å²) in [5.74, 6) is -1.10. The van der Waals surface area contributed by atoms with Gasteiger partial charge in [0, 0.05) is 12.5 Å². The highest BCUT2D eigenvalue weighted by Gasteiger charge is 2.14. The normalized spacial score (nSPS) is 11.4. The average molecular weight is 266 g/mol. The maximum Gasteiger partial charge on any atom is 0.337 e. The second kappa shape index (κ2) is 4.26. The maximum atomic E-state index is 11.3. The molecule has 0 amide bonds. The molecule has 1 heterocycles. The van der Waals surface area contributed by atoms with Gasteiger partial charge >= 0.3 is 5.97 Å². The second-order valence-corrected chi connectivity index (χ2v) is 5.73. The van der Waals surface area contributed by atoms with Gasteiger partial charge in [0.15, 0.2) is 9.84 Å². The molecule has 1 aromatic heterocycles. The summed E-state index contributed by atoms with van der Waals surface area (Å²) in [7, 11) is -3.35. The van der Waals surface area contributed by atoms with Gasteiger partial charge in [0.1, 0.15) is 4.90 Å². The SMILES string of the molecule is CS(=O)(=O)c1cnn(-c2ccccc2C(=O)O)c1. The predicted molar refractivity (Wildman–Crippen MR) is 63.6 cm³/mol. The molecule has 0 aliphatic heterocycles. The summed E-state index contributed by atoms with van der Waals surface area (Å²) in [4.78, 5) is 11.1. The number of aromatic nitrogens is 2. The highest BCUT2D eigenvalue weighted by Crippen LogP contribution is 2.16. The Morgan fingerprint density at radius 2 is 2.00 bits per heavy atom. The number of para-hydroxylation sites is 1. The molecule has 0 unspecified atom stereocenters. The van der Waals surface area contributed by atoms with Crippen molar-refractivity contribution in [2.45, 2.75) is 4.90 Å². The fourth-order valence-electron chi connectivity index (χ4n) is 1.48. The zero-order valence-corrected chi connectivity index (χ0v) is 10.3. The van der Waals surface area contributed by atoms with E-state index in [2.05, 4.69) is 5.10 Å². The first-order valence-electron chi connectivity index (χ1n) is 4.97. The van der Waals surface area contributed by atoms with E-state index < -0.39 is 15.8 Å². The van der Waals surface area contributed by atoms with Crippen molar-refractivity contribution in [3.05, 3.63) is 42.2 Å². The Balaban J connectivity index is 2.57. The van der Waals surface area contributed by atoms with Gasteiger partial charge < -0.3 is 5.11 Å². The summed E-state index contributed by atoms with van der Waals surface area (Å²) in [6.45, 7) is 0. The van der Waals surface area contributed by atoms with Gasteiger partial charge in [0.25, 0.3) is 0 Å². The van der Waals surface area contributed by atoms with E-state index in [4.69, 9.17) is 5.11 Å². The first-order valence-corrected chi connectivity index (χ1v) is 6.86. The zero-order valence-electron chi connectivity index (χ0n) is 9.44. The van der Waals surface area contributed by atoms with Crippen LogP contribution in [0.3, 0.4) is 0 Å². The van der Waals surface area contributed by atoms with Gasteiger partial charge in [0.05, 0.1) is 17.4 Å². The van der Waals surface area contributed by atoms with E-state index >= 15 is 0 Å². The van der Waals surface area contributed by atoms with Crippen LogP contribution in [0, 0.1) is 0 Å². The molecule has 0 fully saturated rings. The smallest absolute Gasteiger partial charge is 0.337 e. The summed E-state index contributed by atoms with van der Waals surface area (Å²) < 4.78 is 23.9. The van der Waals surface area contributed by atoms with Crippen LogP contribution in [0.5, 0.6) is 0 Å². The molecule has 94 valence electrons. The molecule has 1 aromatic carbocycles. The van der Waals surface area contributed by atoms with Crippen LogP contribution in [0.25, 0.3) is 5.69 Å². The first-order chi connectivity index (χ1) is 8.39. The van der Waals surface area contributed by atoms with E-state index in [9.17, 15) is 13.2 Å². The largest absolute Gasteiger partial charge is 0.478 e. The van der Waals surface area contributed by atoms with Crippen molar-refractivity contribution in [2.75, 3.05) is 6.26 Å². The Morgan fingerprint density at radius 1 is 1.33 bits per heavy atom. The number of carboxylic acids is 1. The molecule has 2 rings (SSSR count). The first kappa shape index (κ1) is 12.3. The maximum absolute atomic E-state index is 11.3. The Morgan fingerprint density at radius 3 is 2.56 bits per heavy atom. The van der Waals surface area contributed by atoms with Crippen molar-refractivity contribution in [3.8, 4) is 5.69 Å². The monoisotopic (exact) mass is 266 g/mol.